The van der Waals surface area contributed by atoms with E-state index in [1.807, 2.05) is 19.0 Å². The van der Waals surface area contributed by atoms with Crippen molar-refractivity contribution < 1.29 is 29.1 Å². The zero-order valence-electron chi connectivity index (χ0n) is 21.6. The number of amides is 1. The molecule has 198 valence electrons. The number of hydrogen-bond acceptors (Lipinski definition) is 8. The largest absolute Gasteiger partial charge is 0.507 e. The molecule has 2 aromatic rings. The fraction of sp³-hybridized carbons (Fsp3) is 0.600. The molecule has 37 heavy (non-hydrogen) atoms. The van der Waals surface area contributed by atoms with Crippen LogP contribution in [-0.4, -0.2) is 81.3 Å². The minimum atomic E-state index is -1.22. The van der Waals surface area contributed by atoms with Crippen molar-refractivity contribution in [3.05, 3.63) is 41.2 Å². The standard InChI is InChI=1S/C25H34BN5O6/c1-25(2)15-9-18(25)23-19(10-15)36-26(37-23)20(8-14-6-5-7-17(22(14)33)24(34)35)27-21(32)13-31-12-16(28-29-31)11-30(3)4/h5-7,12,15,18-20,23,33H,8-11,13H2,1-4H3,(H,27,32)(H,34,35). The first-order valence-electron chi connectivity index (χ1n) is 12.7. The number of carbonyl (C=O) groups excluding carboxylic acids is 1. The number of hydrogen-bond donors (Lipinski definition) is 3. The average molecular weight is 511 g/mol. The zero-order chi connectivity index (χ0) is 26.5. The number of aromatic carboxylic acids is 1. The molecule has 2 heterocycles. The number of carbonyl (C=O) groups is 2. The highest BCUT2D eigenvalue weighted by Crippen LogP contribution is 2.61. The van der Waals surface area contributed by atoms with Crippen molar-refractivity contribution in [1.82, 2.24) is 25.2 Å². The molecule has 1 aromatic heterocycles. The predicted octanol–water partition coefficient (Wildman–Crippen LogP) is 1.35. The van der Waals surface area contributed by atoms with E-state index in [1.54, 1.807) is 18.3 Å². The van der Waals surface area contributed by atoms with Crippen molar-refractivity contribution in [2.45, 2.75) is 64.3 Å². The Labute approximate surface area is 216 Å². The van der Waals surface area contributed by atoms with Gasteiger partial charge in [-0.05, 0) is 62.2 Å². The van der Waals surface area contributed by atoms with Crippen LogP contribution in [0, 0.1) is 17.3 Å². The van der Waals surface area contributed by atoms with E-state index in [9.17, 15) is 19.8 Å². The van der Waals surface area contributed by atoms with Crippen LogP contribution in [0.3, 0.4) is 0 Å². The van der Waals surface area contributed by atoms with Crippen LogP contribution < -0.4 is 5.32 Å². The van der Waals surface area contributed by atoms with Crippen molar-refractivity contribution in [3.63, 3.8) is 0 Å². The molecule has 6 rings (SSSR count). The maximum atomic E-state index is 13.1. The van der Waals surface area contributed by atoms with E-state index in [-0.39, 0.29) is 47.8 Å². The quantitative estimate of drug-likeness (QED) is 0.426. The smallest absolute Gasteiger partial charge is 0.481 e. The summed E-state index contributed by atoms with van der Waals surface area (Å²) in [7, 11) is 3.13. The minimum Gasteiger partial charge on any atom is -0.507 e. The summed E-state index contributed by atoms with van der Waals surface area (Å²) in [5.41, 5.74) is 1.15. The number of nitrogens with zero attached hydrogens (tertiary/aromatic N) is 4. The molecule has 3 aliphatic carbocycles. The van der Waals surface area contributed by atoms with E-state index in [1.165, 1.54) is 10.7 Å². The number of aromatic hydroxyl groups is 1. The molecule has 4 aliphatic rings. The number of phenols is 1. The third-order valence-corrected chi connectivity index (χ3v) is 8.26. The molecule has 2 bridgehead atoms. The van der Waals surface area contributed by atoms with Gasteiger partial charge in [0.2, 0.25) is 5.91 Å². The average Bonchev–Trinajstić information content (AvgIpc) is 3.45. The van der Waals surface area contributed by atoms with E-state index in [2.05, 4.69) is 29.5 Å². The fourth-order valence-corrected chi connectivity index (χ4v) is 6.14. The van der Waals surface area contributed by atoms with Gasteiger partial charge in [0, 0.05) is 6.54 Å². The molecule has 1 amide bonds. The van der Waals surface area contributed by atoms with Crippen molar-refractivity contribution in [2.24, 2.45) is 17.3 Å². The Morgan fingerprint density at radius 1 is 1.30 bits per heavy atom. The Morgan fingerprint density at radius 2 is 2.08 bits per heavy atom. The van der Waals surface area contributed by atoms with E-state index in [0.29, 0.717) is 23.9 Å². The van der Waals surface area contributed by atoms with Gasteiger partial charge < -0.3 is 29.7 Å². The van der Waals surface area contributed by atoms with Gasteiger partial charge >= 0.3 is 13.1 Å². The number of benzene rings is 1. The Bertz CT molecular complexity index is 1190. The summed E-state index contributed by atoms with van der Waals surface area (Å²) in [4.78, 5) is 26.6. The normalized spacial score (nSPS) is 26.5. The van der Waals surface area contributed by atoms with E-state index < -0.39 is 19.0 Å². The lowest BCUT2D eigenvalue weighted by Gasteiger charge is -2.60. The lowest BCUT2D eigenvalue weighted by molar-refractivity contribution is -0.150. The second kappa shape index (κ2) is 9.73. The molecule has 5 atom stereocenters. The fourth-order valence-electron chi connectivity index (χ4n) is 6.14. The van der Waals surface area contributed by atoms with Gasteiger partial charge in [-0.3, -0.25) is 4.79 Å². The number of rotatable bonds is 9. The van der Waals surface area contributed by atoms with Crippen molar-refractivity contribution >= 4 is 19.0 Å². The predicted molar refractivity (Wildman–Crippen MR) is 134 cm³/mol. The van der Waals surface area contributed by atoms with Gasteiger partial charge in [0.25, 0.3) is 0 Å². The summed E-state index contributed by atoms with van der Waals surface area (Å²) in [6, 6.07) is 4.57. The molecule has 5 unspecified atom stereocenters. The number of aromatic nitrogens is 3. The van der Waals surface area contributed by atoms with Crippen LogP contribution in [0.15, 0.2) is 24.4 Å². The molecule has 0 spiro atoms. The van der Waals surface area contributed by atoms with Gasteiger partial charge in [-0.15, -0.1) is 5.10 Å². The summed E-state index contributed by atoms with van der Waals surface area (Å²) in [6.07, 6.45) is 3.81. The Morgan fingerprint density at radius 3 is 2.78 bits per heavy atom. The first-order valence-corrected chi connectivity index (χ1v) is 12.7. The highest BCUT2D eigenvalue weighted by Gasteiger charge is 2.62. The summed E-state index contributed by atoms with van der Waals surface area (Å²) < 4.78 is 14.2. The van der Waals surface area contributed by atoms with Crippen LogP contribution in [0.2, 0.25) is 0 Å². The van der Waals surface area contributed by atoms with E-state index in [0.717, 1.165) is 18.5 Å². The lowest BCUT2D eigenvalue weighted by atomic mass is 9.47. The van der Waals surface area contributed by atoms with Crippen molar-refractivity contribution in [3.8, 4) is 5.75 Å². The Hall–Kier alpha value is -2.96. The van der Waals surface area contributed by atoms with Crippen LogP contribution in [0.25, 0.3) is 0 Å². The molecule has 0 radical (unpaired) electrons. The molecular weight excluding hydrogens is 477 g/mol. The summed E-state index contributed by atoms with van der Waals surface area (Å²) in [6.45, 7) is 5.11. The monoisotopic (exact) mass is 511 g/mol. The van der Waals surface area contributed by atoms with Gasteiger partial charge in [-0.25, -0.2) is 9.48 Å². The topological polar surface area (TPSA) is 139 Å². The van der Waals surface area contributed by atoms with Crippen molar-refractivity contribution in [2.75, 3.05) is 14.1 Å². The minimum absolute atomic E-state index is 0.0379. The van der Waals surface area contributed by atoms with E-state index in [4.69, 9.17) is 9.31 Å². The highest BCUT2D eigenvalue weighted by atomic mass is 16.7. The summed E-state index contributed by atoms with van der Waals surface area (Å²) in [5.74, 6) is -1.51. The summed E-state index contributed by atoms with van der Waals surface area (Å²) >= 11 is 0. The third-order valence-electron chi connectivity index (χ3n) is 8.26. The van der Waals surface area contributed by atoms with Crippen LogP contribution in [-0.2, 0) is 33.6 Å². The summed E-state index contributed by atoms with van der Waals surface area (Å²) in [5, 5.41) is 31.2. The van der Waals surface area contributed by atoms with Gasteiger partial charge in [-0.1, -0.05) is 31.2 Å². The second-order valence-electron chi connectivity index (χ2n) is 11.4. The Balaban J connectivity index is 1.34. The van der Waals surface area contributed by atoms with Crippen LogP contribution >= 0.6 is 0 Å². The zero-order valence-corrected chi connectivity index (χ0v) is 21.6. The van der Waals surface area contributed by atoms with Crippen molar-refractivity contribution in [1.29, 1.82) is 0 Å². The molecule has 4 fully saturated rings. The molecule has 1 aliphatic heterocycles. The van der Waals surface area contributed by atoms with Crippen LogP contribution in [0.1, 0.15) is 48.3 Å². The highest BCUT2D eigenvalue weighted by molar-refractivity contribution is 6.47. The SMILES string of the molecule is CN(C)Cc1cn(CC(=O)NC(Cc2cccc(C(=O)O)c2O)B2OC3CC4CC(C3O2)C4(C)C)nn1. The molecule has 1 saturated heterocycles. The van der Waals surface area contributed by atoms with Gasteiger partial charge in [0.05, 0.1) is 30.0 Å². The first-order chi connectivity index (χ1) is 17.5. The number of para-hydroxylation sites is 1. The first kappa shape index (κ1) is 25.7. The molecule has 11 nitrogen and oxygen atoms in total. The molecule has 12 heteroatoms. The molecule has 3 saturated carbocycles. The Kier molecular flexibility index (Phi) is 6.76. The molecular formula is C25H34BN5O6. The number of carboxylic acids is 1. The maximum absolute atomic E-state index is 13.1. The van der Waals surface area contributed by atoms with Crippen LogP contribution in [0.5, 0.6) is 5.75 Å². The number of carboxylic acid groups (broad SMARTS) is 1. The molecule has 3 N–H and O–H groups in total. The second-order valence-corrected chi connectivity index (χ2v) is 11.4. The maximum Gasteiger partial charge on any atom is 0.481 e. The lowest BCUT2D eigenvalue weighted by Crippen LogP contribution is -2.59. The van der Waals surface area contributed by atoms with Gasteiger partial charge in [-0.2, -0.15) is 0 Å². The van der Waals surface area contributed by atoms with Crippen LogP contribution in [0.4, 0.5) is 0 Å². The third kappa shape index (κ3) is 4.97. The van der Waals surface area contributed by atoms with E-state index >= 15 is 0 Å². The molecule has 1 aromatic carbocycles. The van der Waals surface area contributed by atoms with Gasteiger partial charge in [0.1, 0.15) is 17.9 Å². The van der Waals surface area contributed by atoms with Gasteiger partial charge in [0.15, 0.2) is 0 Å². The number of nitrogens with one attached hydrogen (secondary N) is 1.